The van der Waals surface area contributed by atoms with Gasteiger partial charge in [0.2, 0.25) is 0 Å². The van der Waals surface area contributed by atoms with Crippen molar-refractivity contribution in [1.29, 1.82) is 0 Å². The van der Waals surface area contributed by atoms with Gasteiger partial charge in [0.05, 0.1) is 12.1 Å². The van der Waals surface area contributed by atoms with Crippen molar-refractivity contribution in [2.24, 2.45) is 0 Å². The van der Waals surface area contributed by atoms with E-state index in [9.17, 15) is 5.11 Å². The molecule has 0 spiro atoms. The van der Waals surface area contributed by atoms with Crippen LogP contribution in [0.5, 0.6) is 0 Å². The van der Waals surface area contributed by atoms with Crippen molar-refractivity contribution in [3.05, 3.63) is 34.3 Å². The molecule has 19 heavy (non-hydrogen) atoms. The first kappa shape index (κ1) is 14.8. The number of aliphatic hydroxyl groups excluding tert-OH is 1. The molecule has 1 N–H and O–H groups in total. The van der Waals surface area contributed by atoms with E-state index in [0.717, 1.165) is 42.2 Å². The SMILES string of the molecule is Cc1ccc(C(O)C2CN(C)CCCN2C)cc1Cl. The standard InChI is InChI=1S/C15H23ClN2O/c1-11-5-6-12(9-13(11)16)15(19)14-10-17(2)7-4-8-18(14)3/h5-6,9,14-15,19H,4,7-8,10H2,1-3H3. The van der Waals surface area contributed by atoms with Crippen molar-refractivity contribution in [2.75, 3.05) is 33.7 Å². The van der Waals surface area contributed by atoms with Crippen molar-refractivity contribution in [3.63, 3.8) is 0 Å². The first-order valence-electron chi connectivity index (χ1n) is 6.82. The number of likely N-dealkylation sites (N-methyl/N-ethyl adjacent to an activating group) is 2. The zero-order valence-corrected chi connectivity index (χ0v) is 12.7. The smallest absolute Gasteiger partial charge is 0.0958 e. The van der Waals surface area contributed by atoms with Gasteiger partial charge in [-0.15, -0.1) is 0 Å². The minimum absolute atomic E-state index is 0.117. The third-order valence-corrected chi connectivity index (χ3v) is 4.42. The predicted octanol–water partition coefficient (Wildman–Crippen LogP) is 2.32. The maximum atomic E-state index is 10.6. The summed E-state index contributed by atoms with van der Waals surface area (Å²) in [5, 5.41) is 11.4. The fraction of sp³-hybridized carbons (Fsp3) is 0.600. The van der Waals surface area contributed by atoms with Crippen molar-refractivity contribution in [1.82, 2.24) is 9.80 Å². The quantitative estimate of drug-likeness (QED) is 0.902. The molecule has 2 unspecified atom stereocenters. The third kappa shape index (κ3) is 3.48. The third-order valence-electron chi connectivity index (χ3n) is 4.02. The summed E-state index contributed by atoms with van der Waals surface area (Å²) >= 11 is 6.16. The normalized spacial score (nSPS) is 24.2. The number of halogens is 1. The van der Waals surface area contributed by atoms with Gasteiger partial charge in [-0.25, -0.2) is 0 Å². The van der Waals surface area contributed by atoms with Crippen LogP contribution in [0.25, 0.3) is 0 Å². The molecule has 0 radical (unpaired) electrons. The molecule has 2 rings (SSSR count). The van der Waals surface area contributed by atoms with E-state index in [1.54, 1.807) is 0 Å². The Morgan fingerprint density at radius 2 is 2.05 bits per heavy atom. The highest BCUT2D eigenvalue weighted by Gasteiger charge is 2.28. The molecule has 4 heteroatoms. The summed E-state index contributed by atoms with van der Waals surface area (Å²) in [5.74, 6) is 0. The molecule has 0 aromatic heterocycles. The van der Waals surface area contributed by atoms with Crippen LogP contribution in [0.2, 0.25) is 5.02 Å². The van der Waals surface area contributed by atoms with Crippen LogP contribution >= 0.6 is 11.6 Å². The van der Waals surface area contributed by atoms with Gasteiger partial charge in [-0.3, -0.25) is 4.90 Å². The first-order valence-corrected chi connectivity index (χ1v) is 7.19. The molecule has 0 saturated carbocycles. The molecule has 2 atom stereocenters. The molecule has 0 amide bonds. The van der Waals surface area contributed by atoms with Crippen LogP contribution in [-0.2, 0) is 0 Å². The lowest BCUT2D eigenvalue weighted by Crippen LogP contribution is -2.42. The van der Waals surface area contributed by atoms with Crippen LogP contribution in [-0.4, -0.2) is 54.7 Å². The summed E-state index contributed by atoms with van der Waals surface area (Å²) in [7, 11) is 4.20. The molecule has 1 aliphatic heterocycles. The van der Waals surface area contributed by atoms with Crippen LogP contribution in [0, 0.1) is 6.92 Å². The van der Waals surface area contributed by atoms with E-state index in [4.69, 9.17) is 11.6 Å². The summed E-state index contributed by atoms with van der Waals surface area (Å²) in [6.45, 7) is 4.96. The summed E-state index contributed by atoms with van der Waals surface area (Å²) in [6, 6.07) is 5.96. The van der Waals surface area contributed by atoms with Crippen molar-refractivity contribution < 1.29 is 5.11 Å². The Bertz CT molecular complexity index is 438. The fourth-order valence-electron chi connectivity index (χ4n) is 2.66. The molecule has 1 saturated heterocycles. The Kier molecular flexibility index (Phi) is 4.85. The number of hydrogen-bond acceptors (Lipinski definition) is 3. The van der Waals surface area contributed by atoms with Crippen LogP contribution in [0.3, 0.4) is 0 Å². The lowest BCUT2D eigenvalue weighted by atomic mass is 10.00. The highest BCUT2D eigenvalue weighted by atomic mass is 35.5. The second-order valence-corrected chi connectivity index (χ2v) is 6.02. The number of hydrogen-bond donors (Lipinski definition) is 1. The molecule has 106 valence electrons. The summed E-state index contributed by atoms with van der Waals surface area (Å²) in [6.07, 6.45) is 0.647. The molecule has 1 aliphatic rings. The lowest BCUT2D eigenvalue weighted by Gasteiger charge is -2.32. The minimum Gasteiger partial charge on any atom is -0.387 e. The highest BCUT2D eigenvalue weighted by molar-refractivity contribution is 6.31. The average molecular weight is 283 g/mol. The van der Waals surface area contributed by atoms with Gasteiger partial charge in [-0.1, -0.05) is 23.7 Å². The van der Waals surface area contributed by atoms with Gasteiger partial charge in [0.15, 0.2) is 0 Å². The molecular formula is C15H23ClN2O. The van der Waals surface area contributed by atoms with Crippen molar-refractivity contribution >= 4 is 11.6 Å². The van der Waals surface area contributed by atoms with Crippen LogP contribution in [0.1, 0.15) is 23.7 Å². The number of aliphatic hydroxyl groups is 1. The maximum Gasteiger partial charge on any atom is 0.0958 e. The van der Waals surface area contributed by atoms with Gasteiger partial charge in [0.25, 0.3) is 0 Å². The van der Waals surface area contributed by atoms with Gasteiger partial charge in [-0.05, 0) is 57.7 Å². The number of nitrogens with zero attached hydrogens (tertiary/aromatic N) is 2. The highest BCUT2D eigenvalue weighted by Crippen LogP contribution is 2.26. The minimum atomic E-state index is -0.497. The fourth-order valence-corrected chi connectivity index (χ4v) is 2.85. The summed E-state index contributed by atoms with van der Waals surface area (Å²) in [4.78, 5) is 4.54. The summed E-state index contributed by atoms with van der Waals surface area (Å²) < 4.78 is 0. The largest absolute Gasteiger partial charge is 0.387 e. The summed E-state index contributed by atoms with van der Waals surface area (Å²) in [5.41, 5.74) is 1.95. The van der Waals surface area contributed by atoms with E-state index < -0.39 is 6.10 Å². The molecule has 1 aromatic carbocycles. The van der Waals surface area contributed by atoms with Gasteiger partial charge >= 0.3 is 0 Å². The lowest BCUT2D eigenvalue weighted by molar-refractivity contribution is 0.0572. The van der Waals surface area contributed by atoms with Crippen molar-refractivity contribution in [3.8, 4) is 0 Å². The first-order chi connectivity index (χ1) is 8.99. The molecular weight excluding hydrogens is 260 g/mol. The Balaban J connectivity index is 2.20. The van der Waals surface area contributed by atoms with E-state index in [1.807, 2.05) is 25.1 Å². The molecule has 1 fully saturated rings. The van der Waals surface area contributed by atoms with E-state index in [0.29, 0.717) is 0 Å². The zero-order valence-electron chi connectivity index (χ0n) is 11.9. The van der Waals surface area contributed by atoms with Gasteiger partial charge in [-0.2, -0.15) is 0 Å². The number of rotatable bonds is 2. The Hall–Kier alpha value is -0.610. The maximum absolute atomic E-state index is 10.6. The van der Waals surface area contributed by atoms with E-state index in [1.165, 1.54) is 0 Å². The molecule has 0 aliphatic carbocycles. The second kappa shape index (κ2) is 6.23. The molecule has 1 heterocycles. The van der Waals surface area contributed by atoms with Gasteiger partial charge in [0.1, 0.15) is 0 Å². The Labute approximate surface area is 120 Å². The predicted molar refractivity (Wildman–Crippen MR) is 79.7 cm³/mol. The van der Waals surface area contributed by atoms with E-state index in [2.05, 4.69) is 23.9 Å². The zero-order chi connectivity index (χ0) is 14.0. The second-order valence-electron chi connectivity index (χ2n) is 5.62. The van der Waals surface area contributed by atoms with Crippen LogP contribution in [0.15, 0.2) is 18.2 Å². The van der Waals surface area contributed by atoms with Gasteiger partial charge in [0, 0.05) is 11.6 Å². The van der Waals surface area contributed by atoms with E-state index >= 15 is 0 Å². The number of aryl methyl sites for hydroxylation is 1. The molecule has 0 bridgehead atoms. The average Bonchev–Trinajstić information content (AvgIpc) is 2.54. The monoisotopic (exact) mass is 282 g/mol. The van der Waals surface area contributed by atoms with Crippen LogP contribution in [0.4, 0.5) is 0 Å². The Morgan fingerprint density at radius 1 is 1.32 bits per heavy atom. The van der Waals surface area contributed by atoms with Crippen molar-refractivity contribution in [2.45, 2.75) is 25.5 Å². The molecule has 1 aromatic rings. The molecule has 3 nitrogen and oxygen atoms in total. The Morgan fingerprint density at radius 3 is 2.74 bits per heavy atom. The topological polar surface area (TPSA) is 26.7 Å². The van der Waals surface area contributed by atoms with E-state index in [-0.39, 0.29) is 6.04 Å². The van der Waals surface area contributed by atoms with Gasteiger partial charge < -0.3 is 10.0 Å². The number of benzene rings is 1. The van der Waals surface area contributed by atoms with Crippen LogP contribution < -0.4 is 0 Å².